The fraction of sp³-hybridized carbons (Fsp3) is 0.318. The number of carbonyl (C=O) groups is 1. The van der Waals surface area contributed by atoms with E-state index in [1.54, 1.807) is 19.1 Å². The van der Waals surface area contributed by atoms with Gasteiger partial charge < -0.3 is 18.9 Å². The van der Waals surface area contributed by atoms with Gasteiger partial charge in [-0.1, -0.05) is 17.3 Å². The first-order valence-corrected chi connectivity index (χ1v) is 9.45. The van der Waals surface area contributed by atoms with Gasteiger partial charge in [-0.2, -0.15) is 4.98 Å². The quantitative estimate of drug-likeness (QED) is 0.552. The lowest BCUT2D eigenvalue weighted by atomic mass is 10.2. The van der Waals surface area contributed by atoms with E-state index in [0.717, 1.165) is 22.6 Å². The zero-order valence-corrected chi connectivity index (χ0v) is 16.9. The molecule has 0 aliphatic rings. The van der Waals surface area contributed by atoms with Crippen molar-refractivity contribution in [2.45, 2.75) is 19.8 Å². The molecule has 0 unspecified atom stereocenters. The number of ether oxygens (including phenoxy) is 2. The average molecular weight is 395 g/mol. The Morgan fingerprint density at radius 1 is 1.14 bits per heavy atom. The van der Waals surface area contributed by atoms with Crippen molar-refractivity contribution in [1.29, 1.82) is 0 Å². The highest BCUT2D eigenvalue weighted by molar-refractivity contribution is 5.76. The Labute approximate surface area is 170 Å². The van der Waals surface area contributed by atoms with Crippen LogP contribution in [0.1, 0.15) is 17.9 Å². The van der Waals surface area contributed by atoms with Gasteiger partial charge in [-0.05, 0) is 48.9 Å². The SMILES string of the molecule is COc1ccc(-c2noc(CCC(=O)N(C)CCOc3cccc(C)c3)n2)cc1. The summed E-state index contributed by atoms with van der Waals surface area (Å²) in [5.41, 5.74) is 1.97. The number of nitrogens with zero attached hydrogens (tertiary/aromatic N) is 3. The molecule has 29 heavy (non-hydrogen) atoms. The maximum Gasteiger partial charge on any atom is 0.227 e. The maximum atomic E-state index is 12.3. The summed E-state index contributed by atoms with van der Waals surface area (Å²) in [5, 5.41) is 3.98. The smallest absolute Gasteiger partial charge is 0.227 e. The summed E-state index contributed by atoms with van der Waals surface area (Å²) in [5.74, 6) is 2.51. The van der Waals surface area contributed by atoms with Crippen LogP contribution >= 0.6 is 0 Å². The van der Waals surface area contributed by atoms with Crippen LogP contribution in [-0.4, -0.2) is 48.3 Å². The number of amides is 1. The lowest BCUT2D eigenvalue weighted by Crippen LogP contribution is -2.31. The molecule has 1 heterocycles. The monoisotopic (exact) mass is 395 g/mol. The minimum atomic E-state index is 0.00189. The number of carbonyl (C=O) groups excluding carboxylic acids is 1. The summed E-state index contributed by atoms with van der Waals surface area (Å²) in [7, 11) is 3.38. The highest BCUT2D eigenvalue weighted by Gasteiger charge is 2.13. The van der Waals surface area contributed by atoms with Crippen LogP contribution in [0.2, 0.25) is 0 Å². The first-order chi connectivity index (χ1) is 14.0. The molecule has 0 N–H and O–H groups in total. The first kappa shape index (κ1) is 20.4. The number of benzene rings is 2. The summed E-state index contributed by atoms with van der Waals surface area (Å²) < 4.78 is 16.1. The molecule has 1 aromatic heterocycles. The van der Waals surface area contributed by atoms with Crippen molar-refractivity contribution in [1.82, 2.24) is 15.0 Å². The second-order valence-electron chi connectivity index (χ2n) is 6.72. The van der Waals surface area contributed by atoms with Crippen molar-refractivity contribution in [2.24, 2.45) is 0 Å². The van der Waals surface area contributed by atoms with E-state index < -0.39 is 0 Å². The van der Waals surface area contributed by atoms with Crippen LogP contribution in [-0.2, 0) is 11.2 Å². The van der Waals surface area contributed by atoms with Gasteiger partial charge in [0.2, 0.25) is 17.6 Å². The molecule has 0 aliphatic heterocycles. The molecule has 1 amide bonds. The summed E-state index contributed by atoms with van der Waals surface area (Å²) in [4.78, 5) is 18.3. The molecule has 0 bridgehead atoms. The van der Waals surface area contributed by atoms with Gasteiger partial charge in [0.1, 0.15) is 18.1 Å². The maximum absolute atomic E-state index is 12.3. The van der Waals surface area contributed by atoms with Gasteiger partial charge in [-0.15, -0.1) is 0 Å². The largest absolute Gasteiger partial charge is 0.497 e. The van der Waals surface area contributed by atoms with Crippen molar-refractivity contribution < 1.29 is 18.8 Å². The van der Waals surface area contributed by atoms with Crippen molar-refractivity contribution >= 4 is 5.91 Å². The number of likely N-dealkylation sites (N-methyl/N-ethyl adjacent to an activating group) is 1. The van der Waals surface area contributed by atoms with Crippen molar-refractivity contribution in [2.75, 3.05) is 27.3 Å². The Bertz CT molecular complexity index is 937. The second-order valence-corrected chi connectivity index (χ2v) is 6.72. The van der Waals surface area contributed by atoms with Gasteiger partial charge in [0.15, 0.2) is 0 Å². The van der Waals surface area contributed by atoms with Gasteiger partial charge in [0.25, 0.3) is 0 Å². The molecule has 0 spiro atoms. The molecule has 2 aromatic carbocycles. The molecule has 152 valence electrons. The summed E-state index contributed by atoms with van der Waals surface area (Å²) in [6.45, 7) is 2.96. The van der Waals surface area contributed by atoms with Crippen LogP contribution in [0.4, 0.5) is 0 Å². The fourth-order valence-electron chi connectivity index (χ4n) is 2.75. The summed E-state index contributed by atoms with van der Waals surface area (Å²) in [6, 6.07) is 15.2. The van der Waals surface area contributed by atoms with E-state index in [1.807, 2.05) is 55.5 Å². The molecule has 0 aliphatic carbocycles. The molecule has 7 heteroatoms. The van der Waals surface area contributed by atoms with Crippen LogP contribution < -0.4 is 9.47 Å². The molecule has 0 saturated carbocycles. The predicted octanol–water partition coefficient (Wildman–Crippen LogP) is 3.52. The van der Waals surface area contributed by atoms with Crippen LogP contribution in [0, 0.1) is 6.92 Å². The number of hydrogen-bond donors (Lipinski definition) is 0. The first-order valence-electron chi connectivity index (χ1n) is 9.45. The molecular formula is C22H25N3O4. The van der Waals surface area contributed by atoms with Crippen LogP contribution in [0.3, 0.4) is 0 Å². The Balaban J connectivity index is 1.44. The average Bonchev–Trinajstić information content (AvgIpc) is 3.21. The molecule has 0 fully saturated rings. The molecular weight excluding hydrogens is 370 g/mol. The van der Waals surface area contributed by atoms with E-state index in [9.17, 15) is 4.79 Å². The van der Waals surface area contributed by atoms with E-state index in [0.29, 0.717) is 37.7 Å². The number of methoxy groups -OCH3 is 1. The molecule has 3 aromatic rings. The molecule has 7 nitrogen and oxygen atoms in total. The molecule has 0 atom stereocenters. The van der Waals surface area contributed by atoms with E-state index in [-0.39, 0.29) is 5.91 Å². The van der Waals surface area contributed by atoms with E-state index in [4.69, 9.17) is 14.0 Å². The highest BCUT2D eigenvalue weighted by atomic mass is 16.5. The molecule has 0 radical (unpaired) electrons. The fourth-order valence-corrected chi connectivity index (χ4v) is 2.75. The second kappa shape index (κ2) is 9.73. The number of hydrogen-bond acceptors (Lipinski definition) is 6. The van der Waals surface area contributed by atoms with Gasteiger partial charge in [0, 0.05) is 25.5 Å². The van der Waals surface area contributed by atoms with Gasteiger partial charge >= 0.3 is 0 Å². The summed E-state index contributed by atoms with van der Waals surface area (Å²) in [6.07, 6.45) is 0.691. The van der Waals surface area contributed by atoms with Crippen molar-refractivity contribution in [3.8, 4) is 22.9 Å². The Kier molecular flexibility index (Phi) is 6.84. The zero-order chi connectivity index (χ0) is 20.6. The third-order valence-electron chi connectivity index (χ3n) is 4.48. The molecule has 3 rings (SSSR count). The Hall–Kier alpha value is -3.35. The van der Waals surface area contributed by atoms with Crippen LogP contribution in [0.25, 0.3) is 11.4 Å². The third kappa shape index (κ3) is 5.81. The lowest BCUT2D eigenvalue weighted by molar-refractivity contribution is -0.130. The Morgan fingerprint density at radius 3 is 2.66 bits per heavy atom. The molecule has 0 saturated heterocycles. The lowest BCUT2D eigenvalue weighted by Gasteiger charge is -2.17. The number of rotatable bonds is 9. The van der Waals surface area contributed by atoms with Crippen molar-refractivity contribution in [3.63, 3.8) is 0 Å². The van der Waals surface area contributed by atoms with Gasteiger partial charge in [0.05, 0.1) is 13.7 Å². The topological polar surface area (TPSA) is 77.7 Å². The number of aromatic nitrogens is 2. The van der Waals surface area contributed by atoms with E-state index in [1.165, 1.54) is 0 Å². The minimum Gasteiger partial charge on any atom is -0.497 e. The van der Waals surface area contributed by atoms with Crippen LogP contribution in [0.5, 0.6) is 11.5 Å². The van der Waals surface area contributed by atoms with E-state index in [2.05, 4.69) is 10.1 Å². The highest BCUT2D eigenvalue weighted by Crippen LogP contribution is 2.20. The third-order valence-corrected chi connectivity index (χ3v) is 4.48. The summed E-state index contributed by atoms with van der Waals surface area (Å²) >= 11 is 0. The standard InChI is InChI=1S/C22H25N3O4/c1-16-5-4-6-19(15-16)28-14-13-25(2)21(26)12-11-20-23-22(24-29-20)17-7-9-18(27-3)10-8-17/h4-10,15H,11-14H2,1-3H3. The number of aryl methyl sites for hydroxylation is 2. The predicted molar refractivity (Wildman–Crippen MR) is 109 cm³/mol. The van der Waals surface area contributed by atoms with Crippen molar-refractivity contribution in [3.05, 3.63) is 60.0 Å². The van der Waals surface area contributed by atoms with Gasteiger partial charge in [-0.3, -0.25) is 4.79 Å². The van der Waals surface area contributed by atoms with Crippen LogP contribution in [0.15, 0.2) is 53.1 Å². The zero-order valence-electron chi connectivity index (χ0n) is 16.9. The van der Waals surface area contributed by atoms with E-state index >= 15 is 0 Å². The Morgan fingerprint density at radius 2 is 1.93 bits per heavy atom. The van der Waals surface area contributed by atoms with Gasteiger partial charge in [-0.25, -0.2) is 0 Å². The normalized spacial score (nSPS) is 10.6. The minimum absolute atomic E-state index is 0.00189.